The highest BCUT2D eigenvalue weighted by molar-refractivity contribution is 7.87. The van der Waals surface area contributed by atoms with E-state index >= 15 is 0 Å². The van der Waals surface area contributed by atoms with Gasteiger partial charge < -0.3 is 8.92 Å². The van der Waals surface area contributed by atoms with Gasteiger partial charge in [0.25, 0.3) is 0 Å². The third-order valence-electron chi connectivity index (χ3n) is 5.32. The van der Waals surface area contributed by atoms with Gasteiger partial charge in [0.2, 0.25) is 0 Å². The Morgan fingerprint density at radius 3 is 2.00 bits per heavy atom. The van der Waals surface area contributed by atoms with E-state index in [0.717, 1.165) is 22.5 Å². The predicted molar refractivity (Wildman–Crippen MR) is 139 cm³/mol. The molecular weight excluding hydrogens is 460 g/mol. The monoisotopic (exact) mass is 486 g/mol. The second-order valence-electron chi connectivity index (χ2n) is 7.94. The first-order valence-corrected chi connectivity index (χ1v) is 12.4. The van der Waals surface area contributed by atoms with E-state index < -0.39 is 10.1 Å². The van der Waals surface area contributed by atoms with E-state index in [1.807, 2.05) is 78.7 Å². The van der Waals surface area contributed by atoms with Crippen molar-refractivity contribution < 1.29 is 17.3 Å². The summed E-state index contributed by atoms with van der Waals surface area (Å²) in [6.45, 7) is 3.57. The summed E-state index contributed by atoms with van der Waals surface area (Å²) in [5.41, 5.74) is 3.97. The Hall–Kier alpha value is -4.10. The van der Waals surface area contributed by atoms with Crippen molar-refractivity contribution >= 4 is 27.7 Å². The Morgan fingerprint density at radius 1 is 0.771 bits per heavy atom. The lowest BCUT2D eigenvalue weighted by Gasteiger charge is -2.19. The summed E-state index contributed by atoms with van der Waals surface area (Å²) < 4.78 is 36.8. The van der Waals surface area contributed by atoms with E-state index in [-0.39, 0.29) is 16.4 Å². The van der Waals surface area contributed by atoms with E-state index in [2.05, 4.69) is 5.10 Å². The lowest BCUT2D eigenvalue weighted by molar-refractivity contribution is 0.390. The van der Waals surface area contributed by atoms with Crippen molar-refractivity contribution in [2.45, 2.75) is 18.7 Å². The highest BCUT2D eigenvalue weighted by atomic mass is 32.2. The molecule has 0 heterocycles. The van der Waals surface area contributed by atoms with Crippen LogP contribution in [-0.2, 0) is 10.1 Å². The van der Waals surface area contributed by atoms with Crippen molar-refractivity contribution in [3.8, 4) is 11.5 Å². The molecule has 0 N–H and O–H groups in total. The highest BCUT2D eigenvalue weighted by Gasteiger charge is 2.21. The first-order valence-electron chi connectivity index (χ1n) is 11.0. The summed E-state index contributed by atoms with van der Waals surface area (Å²) in [6.07, 6.45) is 1.69. The molecule has 0 aliphatic heterocycles. The molecule has 178 valence electrons. The molecule has 0 spiro atoms. The molecule has 0 atom stereocenters. The number of ether oxygens (including phenoxy) is 1. The molecule has 0 amide bonds. The highest BCUT2D eigenvalue weighted by Crippen LogP contribution is 2.32. The number of methoxy groups -OCH3 is 1. The molecule has 7 heteroatoms. The third kappa shape index (κ3) is 5.70. The van der Waals surface area contributed by atoms with E-state index in [4.69, 9.17) is 8.92 Å². The molecule has 0 aliphatic carbocycles. The number of anilines is 2. The maximum absolute atomic E-state index is 12.9. The topological polar surface area (TPSA) is 68.2 Å². The maximum atomic E-state index is 12.9. The first kappa shape index (κ1) is 24.0. The molecular formula is C28H26N2O4S. The molecule has 0 aromatic heterocycles. The number of para-hydroxylation sites is 2. The summed E-state index contributed by atoms with van der Waals surface area (Å²) in [5.74, 6) is 0.391. The van der Waals surface area contributed by atoms with Gasteiger partial charge in [0.05, 0.1) is 24.7 Å². The van der Waals surface area contributed by atoms with Gasteiger partial charge in [-0.15, -0.1) is 0 Å². The molecule has 0 radical (unpaired) electrons. The van der Waals surface area contributed by atoms with Gasteiger partial charge in [0.15, 0.2) is 11.5 Å². The van der Waals surface area contributed by atoms with E-state index in [0.29, 0.717) is 5.56 Å². The number of rotatable bonds is 8. The molecule has 0 bridgehead atoms. The first-order chi connectivity index (χ1) is 16.9. The lowest BCUT2D eigenvalue weighted by Crippen LogP contribution is -2.12. The summed E-state index contributed by atoms with van der Waals surface area (Å²) in [5, 5.41) is 6.50. The SMILES string of the molecule is COc1cc(C=NN(c2ccccc2)c2ccccc2)ccc1OS(=O)(=O)c1cc(C)ccc1C. The average Bonchev–Trinajstić information content (AvgIpc) is 2.87. The fourth-order valence-electron chi connectivity index (χ4n) is 3.52. The minimum Gasteiger partial charge on any atom is -0.493 e. The lowest BCUT2D eigenvalue weighted by atomic mass is 10.2. The van der Waals surface area contributed by atoms with Crippen LogP contribution in [0.15, 0.2) is 107 Å². The van der Waals surface area contributed by atoms with Crippen LogP contribution in [-0.4, -0.2) is 21.7 Å². The van der Waals surface area contributed by atoms with Crippen molar-refractivity contribution in [1.29, 1.82) is 0 Å². The van der Waals surface area contributed by atoms with Gasteiger partial charge in [-0.25, -0.2) is 5.01 Å². The van der Waals surface area contributed by atoms with Crippen LogP contribution in [0.3, 0.4) is 0 Å². The fourth-order valence-corrected chi connectivity index (χ4v) is 4.77. The molecule has 0 saturated carbocycles. The van der Waals surface area contributed by atoms with Crippen LogP contribution in [0, 0.1) is 13.8 Å². The molecule has 0 aliphatic rings. The standard InChI is InChI=1S/C28H26N2O4S/c1-21-14-15-22(2)28(18-21)35(31,32)34-26-17-16-23(19-27(26)33-3)20-29-30(24-10-6-4-7-11-24)25-12-8-5-9-13-25/h4-20H,1-3H3. The maximum Gasteiger partial charge on any atom is 0.339 e. The molecule has 6 nitrogen and oxygen atoms in total. The minimum absolute atomic E-state index is 0.105. The Kier molecular flexibility index (Phi) is 7.17. The normalized spacial score (nSPS) is 11.4. The second-order valence-corrected chi connectivity index (χ2v) is 9.46. The summed E-state index contributed by atoms with van der Waals surface area (Å²) in [7, 11) is -2.57. The second kappa shape index (κ2) is 10.4. The predicted octanol–water partition coefficient (Wildman–Crippen LogP) is 6.25. The van der Waals surface area contributed by atoms with Crippen molar-refractivity contribution in [1.82, 2.24) is 0 Å². The molecule has 0 fully saturated rings. The summed E-state index contributed by atoms with van der Waals surface area (Å²) >= 11 is 0. The Morgan fingerprint density at radius 2 is 1.40 bits per heavy atom. The zero-order valence-electron chi connectivity index (χ0n) is 19.8. The van der Waals surface area contributed by atoms with Crippen LogP contribution < -0.4 is 13.9 Å². The third-order valence-corrected chi connectivity index (χ3v) is 6.70. The molecule has 4 aromatic rings. The van der Waals surface area contributed by atoms with Crippen LogP contribution in [0.25, 0.3) is 0 Å². The molecule has 35 heavy (non-hydrogen) atoms. The van der Waals surface area contributed by atoms with Crippen LogP contribution in [0.4, 0.5) is 11.4 Å². The number of nitrogens with zero attached hydrogens (tertiary/aromatic N) is 2. The zero-order chi connectivity index (χ0) is 24.8. The van der Waals surface area contributed by atoms with Gasteiger partial charge in [0, 0.05) is 0 Å². The van der Waals surface area contributed by atoms with Crippen LogP contribution >= 0.6 is 0 Å². The summed E-state index contributed by atoms with van der Waals surface area (Å²) in [4.78, 5) is 0.131. The number of aryl methyl sites for hydroxylation is 2. The van der Waals surface area contributed by atoms with E-state index in [1.165, 1.54) is 7.11 Å². The van der Waals surface area contributed by atoms with E-state index in [1.54, 1.807) is 43.5 Å². The van der Waals surface area contributed by atoms with E-state index in [9.17, 15) is 8.42 Å². The Labute approximate surface area is 206 Å². The number of benzene rings is 4. The average molecular weight is 487 g/mol. The van der Waals surface area contributed by atoms with Crippen LogP contribution in [0.2, 0.25) is 0 Å². The summed E-state index contributed by atoms with van der Waals surface area (Å²) in [6, 6.07) is 29.8. The Bertz CT molecular complexity index is 1400. The molecule has 0 saturated heterocycles. The number of hydrogen-bond donors (Lipinski definition) is 0. The van der Waals surface area contributed by atoms with Gasteiger partial charge in [0.1, 0.15) is 4.90 Å². The Balaban J connectivity index is 1.63. The van der Waals surface area contributed by atoms with Crippen LogP contribution in [0.5, 0.6) is 11.5 Å². The largest absolute Gasteiger partial charge is 0.493 e. The van der Waals surface area contributed by atoms with Gasteiger partial charge in [-0.2, -0.15) is 13.5 Å². The van der Waals surface area contributed by atoms with Crippen molar-refractivity contribution in [3.63, 3.8) is 0 Å². The van der Waals surface area contributed by atoms with Gasteiger partial charge in [-0.05, 0) is 79.1 Å². The van der Waals surface area contributed by atoms with Gasteiger partial charge in [-0.3, -0.25) is 0 Å². The molecule has 4 aromatic carbocycles. The van der Waals surface area contributed by atoms with Crippen molar-refractivity contribution in [2.75, 3.05) is 12.1 Å². The molecule has 4 rings (SSSR count). The smallest absolute Gasteiger partial charge is 0.339 e. The minimum atomic E-state index is -4.03. The molecule has 0 unspecified atom stereocenters. The van der Waals surface area contributed by atoms with Gasteiger partial charge >= 0.3 is 10.1 Å². The van der Waals surface area contributed by atoms with Crippen molar-refractivity contribution in [3.05, 3.63) is 114 Å². The van der Waals surface area contributed by atoms with Gasteiger partial charge in [-0.1, -0.05) is 48.5 Å². The number of hydrazone groups is 1. The number of hydrogen-bond acceptors (Lipinski definition) is 6. The quantitative estimate of drug-likeness (QED) is 0.167. The van der Waals surface area contributed by atoms with Crippen molar-refractivity contribution in [2.24, 2.45) is 5.10 Å². The zero-order valence-corrected chi connectivity index (χ0v) is 20.6. The fraction of sp³-hybridized carbons (Fsp3) is 0.107. The van der Waals surface area contributed by atoms with Crippen LogP contribution in [0.1, 0.15) is 16.7 Å².